The van der Waals surface area contributed by atoms with Crippen molar-refractivity contribution < 1.29 is 9.18 Å². The summed E-state index contributed by atoms with van der Waals surface area (Å²) in [5.41, 5.74) is 6.06. The number of aromatic amines is 1. The number of fused-ring (bicyclic) bond motifs is 1. The Labute approximate surface area is 188 Å². The summed E-state index contributed by atoms with van der Waals surface area (Å²) in [4.78, 5) is 26.5. The van der Waals surface area contributed by atoms with Crippen LogP contribution in [0.5, 0.6) is 0 Å². The number of H-pyrrole nitrogens is 1. The highest BCUT2D eigenvalue weighted by atomic mass is 19.1. The molecular formula is C25H32FN5O. The Hall–Kier alpha value is -2.80. The van der Waals surface area contributed by atoms with Crippen molar-refractivity contribution in [1.29, 1.82) is 0 Å². The number of halogens is 1. The highest BCUT2D eigenvalue weighted by Gasteiger charge is 2.29. The van der Waals surface area contributed by atoms with Crippen molar-refractivity contribution in [2.24, 2.45) is 0 Å². The van der Waals surface area contributed by atoms with E-state index in [1.54, 1.807) is 13.2 Å². The smallest absolute Gasteiger partial charge is 0.236 e. The van der Waals surface area contributed by atoms with Gasteiger partial charge >= 0.3 is 0 Å². The van der Waals surface area contributed by atoms with Gasteiger partial charge in [0.15, 0.2) is 5.82 Å². The van der Waals surface area contributed by atoms with Crippen LogP contribution in [0, 0.1) is 19.7 Å². The first-order chi connectivity index (χ1) is 15.3. The van der Waals surface area contributed by atoms with Gasteiger partial charge in [0.05, 0.1) is 29.6 Å². The lowest BCUT2D eigenvalue weighted by molar-refractivity contribution is -0.131. The second-order valence-corrected chi connectivity index (χ2v) is 9.14. The first-order valence-corrected chi connectivity index (χ1v) is 11.4. The van der Waals surface area contributed by atoms with Crippen LogP contribution in [0.4, 0.5) is 4.39 Å². The van der Waals surface area contributed by atoms with E-state index in [1.807, 2.05) is 30.9 Å². The summed E-state index contributed by atoms with van der Waals surface area (Å²) in [6.45, 7) is 9.74. The lowest BCUT2D eigenvalue weighted by atomic mass is 9.90. The maximum absolute atomic E-state index is 16.0. The quantitative estimate of drug-likeness (QED) is 0.619. The molecule has 1 fully saturated rings. The molecule has 0 atom stereocenters. The molecule has 6 nitrogen and oxygen atoms in total. The number of aromatic nitrogens is 3. The van der Waals surface area contributed by atoms with Gasteiger partial charge in [0.25, 0.3) is 0 Å². The Balaban J connectivity index is 1.73. The van der Waals surface area contributed by atoms with Crippen LogP contribution in [0.15, 0.2) is 18.3 Å². The van der Waals surface area contributed by atoms with Gasteiger partial charge < -0.3 is 15.2 Å². The number of amides is 1. The summed E-state index contributed by atoms with van der Waals surface area (Å²) in [5.74, 6) is 0.0199. The van der Waals surface area contributed by atoms with Crippen LogP contribution >= 0.6 is 0 Å². The summed E-state index contributed by atoms with van der Waals surface area (Å²) in [7, 11) is 1.77. The molecule has 0 saturated carbocycles. The number of nitrogens with zero attached hydrogens (tertiary/aromatic N) is 3. The van der Waals surface area contributed by atoms with E-state index in [0.717, 1.165) is 46.6 Å². The number of carbonyl (C=O) groups excluding carboxylic acids is 1. The number of rotatable bonds is 5. The molecule has 0 bridgehead atoms. The monoisotopic (exact) mass is 437 g/mol. The first kappa shape index (κ1) is 22.4. The van der Waals surface area contributed by atoms with Crippen molar-refractivity contribution in [2.75, 3.05) is 26.7 Å². The van der Waals surface area contributed by atoms with Gasteiger partial charge in [0.2, 0.25) is 5.91 Å². The summed E-state index contributed by atoms with van der Waals surface area (Å²) in [5, 5.41) is 3.55. The number of piperidine rings is 1. The molecule has 4 heterocycles. The standard InChI is InChI=1S/C25H32FN5O/c1-14(2)21-22-19(30-24(21)18-10-15(3)29-16(4)11-18)12-28-25(23(22)26)17-6-8-31(9-7-17)20(32)13-27-5/h10-12,14,17,27,30H,6-9,13H2,1-5H3. The van der Waals surface area contributed by atoms with Crippen molar-refractivity contribution in [3.8, 4) is 11.3 Å². The largest absolute Gasteiger partial charge is 0.353 e. The van der Waals surface area contributed by atoms with Crippen molar-refractivity contribution in [3.63, 3.8) is 0 Å². The number of pyridine rings is 2. The molecular weight excluding hydrogens is 405 g/mol. The fourth-order valence-electron chi connectivity index (χ4n) is 4.92. The van der Waals surface area contributed by atoms with E-state index in [2.05, 4.69) is 34.1 Å². The van der Waals surface area contributed by atoms with Crippen molar-refractivity contribution in [1.82, 2.24) is 25.2 Å². The maximum atomic E-state index is 16.0. The van der Waals surface area contributed by atoms with Crippen LogP contribution in [0.2, 0.25) is 0 Å². The molecule has 170 valence electrons. The predicted molar refractivity (Wildman–Crippen MR) is 125 cm³/mol. The highest BCUT2D eigenvalue weighted by Crippen LogP contribution is 2.39. The summed E-state index contributed by atoms with van der Waals surface area (Å²) < 4.78 is 16.0. The van der Waals surface area contributed by atoms with Crippen LogP contribution in [0.25, 0.3) is 22.2 Å². The molecule has 0 radical (unpaired) electrons. The van der Waals surface area contributed by atoms with E-state index >= 15 is 4.39 Å². The zero-order chi connectivity index (χ0) is 23.0. The average molecular weight is 438 g/mol. The van der Waals surface area contributed by atoms with Gasteiger partial charge in [-0.2, -0.15) is 0 Å². The van der Waals surface area contributed by atoms with Crippen LogP contribution in [-0.2, 0) is 4.79 Å². The topological polar surface area (TPSA) is 73.9 Å². The summed E-state index contributed by atoms with van der Waals surface area (Å²) in [6.07, 6.45) is 3.21. The second-order valence-electron chi connectivity index (χ2n) is 9.14. The van der Waals surface area contributed by atoms with Crippen LogP contribution in [0.1, 0.15) is 61.2 Å². The number of aryl methyl sites for hydroxylation is 2. The third-order valence-corrected chi connectivity index (χ3v) is 6.35. The third-order valence-electron chi connectivity index (χ3n) is 6.35. The minimum atomic E-state index is -0.226. The minimum absolute atomic E-state index is 0.0156. The molecule has 1 amide bonds. The SMILES string of the molecule is CNCC(=O)N1CCC(c2ncc3[nH]c(-c4cc(C)nc(C)c4)c(C(C)C)c3c2F)CC1. The Morgan fingerprint density at radius 2 is 1.91 bits per heavy atom. The predicted octanol–water partition coefficient (Wildman–Crippen LogP) is 4.43. The van der Waals surface area contributed by atoms with Crippen molar-refractivity contribution in [2.45, 2.75) is 52.4 Å². The average Bonchev–Trinajstić information content (AvgIpc) is 3.15. The lowest BCUT2D eigenvalue weighted by Gasteiger charge is -2.32. The van der Waals surface area contributed by atoms with Gasteiger partial charge in [0, 0.05) is 41.3 Å². The van der Waals surface area contributed by atoms with E-state index in [9.17, 15) is 4.79 Å². The number of likely N-dealkylation sites (N-methyl/N-ethyl adjacent to an activating group) is 1. The van der Waals surface area contributed by atoms with E-state index < -0.39 is 0 Å². The van der Waals surface area contributed by atoms with Gasteiger partial charge in [-0.3, -0.25) is 14.8 Å². The van der Waals surface area contributed by atoms with E-state index in [1.165, 1.54) is 0 Å². The van der Waals surface area contributed by atoms with Gasteiger partial charge in [0.1, 0.15) is 0 Å². The normalized spacial score (nSPS) is 15.2. The summed E-state index contributed by atoms with van der Waals surface area (Å²) in [6, 6.07) is 4.07. The Morgan fingerprint density at radius 3 is 2.50 bits per heavy atom. The molecule has 7 heteroatoms. The van der Waals surface area contributed by atoms with Gasteiger partial charge in [-0.05, 0) is 57.4 Å². The number of hydrogen-bond acceptors (Lipinski definition) is 4. The summed E-state index contributed by atoms with van der Waals surface area (Å²) >= 11 is 0. The zero-order valence-corrected chi connectivity index (χ0v) is 19.6. The lowest BCUT2D eigenvalue weighted by Crippen LogP contribution is -2.42. The number of likely N-dealkylation sites (tertiary alicyclic amines) is 1. The second kappa shape index (κ2) is 8.98. The van der Waals surface area contributed by atoms with Crippen LogP contribution < -0.4 is 5.32 Å². The molecule has 1 aliphatic heterocycles. The van der Waals surface area contributed by atoms with E-state index in [-0.39, 0.29) is 23.6 Å². The fraction of sp³-hybridized carbons (Fsp3) is 0.480. The number of hydrogen-bond donors (Lipinski definition) is 2. The molecule has 32 heavy (non-hydrogen) atoms. The molecule has 3 aromatic heterocycles. The molecule has 0 aromatic carbocycles. The number of nitrogens with one attached hydrogen (secondary N) is 2. The molecule has 4 rings (SSSR count). The molecule has 0 spiro atoms. The molecule has 3 aromatic rings. The minimum Gasteiger partial charge on any atom is -0.353 e. The molecule has 1 aliphatic rings. The first-order valence-electron chi connectivity index (χ1n) is 11.4. The Kier molecular flexibility index (Phi) is 6.29. The van der Waals surface area contributed by atoms with Gasteiger partial charge in [-0.25, -0.2) is 4.39 Å². The number of carbonyl (C=O) groups is 1. The Bertz CT molecular complexity index is 1120. The van der Waals surface area contributed by atoms with Crippen molar-refractivity contribution >= 4 is 16.8 Å². The molecule has 1 saturated heterocycles. The van der Waals surface area contributed by atoms with Crippen LogP contribution in [0.3, 0.4) is 0 Å². The van der Waals surface area contributed by atoms with Crippen LogP contribution in [-0.4, -0.2) is 52.4 Å². The maximum Gasteiger partial charge on any atom is 0.236 e. The van der Waals surface area contributed by atoms with Gasteiger partial charge in [-0.1, -0.05) is 13.8 Å². The van der Waals surface area contributed by atoms with E-state index in [4.69, 9.17) is 0 Å². The zero-order valence-electron chi connectivity index (χ0n) is 19.6. The van der Waals surface area contributed by atoms with Crippen molar-refractivity contribution in [3.05, 3.63) is 46.8 Å². The molecule has 0 aliphatic carbocycles. The van der Waals surface area contributed by atoms with E-state index in [0.29, 0.717) is 30.7 Å². The highest BCUT2D eigenvalue weighted by molar-refractivity contribution is 5.92. The fourth-order valence-corrected chi connectivity index (χ4v) is 4.92. The Morgan fingerprint density at radius 1 is 1.25 bits per heavy atom. The van der Waals surface area contributed by atoms with Gasteiger partial charge in [-0.15, -0.1) is 0 Å². The molecule has 2 N–H and O–H groups in total. The molecule has 0 unspecified atom stereocenters. The third kappa shape index (κ3) is 4.13.